The molecule has 0 bridgehead atoms. The molecule has 6 heteroatoms. The van der Waals surface area contributed by atoms with Gasteiger partial charge in [-0.05, 0) is 37.3 Å². The average molecular weight is 319 g/mol. The average Bonchev–Trinajstić information content (AvgIpc) is 3.10. The zero-order valence-corrected chi connectivity index (χ0v) is 13.7. The minimum absolute atomic E-state index is 0.0660. The Labute approximate surface area is 136 Å². The standard InChI is InChI=1S/C17H25N3O3/c1-23-11-3-9-20-15-7-10-19(12-13(15)5-6-16(20)21)17(22)14-4-2-8-18-14/h2,4,8,13,15,18H,3,5-7,9-12H2,1H3. The molecule has 0 aliphatic carbocycles. The second-order valence-corrected chi connectivity index (χ2v) is 6.42. The number of H-pyrrole nitrogens is 1. The minimum Gasteiger partial charge on any atom is -0.385 e. The van der Waals surface area contributed by atoms with Gasteiger partial charge in [-0.25, -0.2) is 0 Å². The number of carbonyl (C=O) groups excluding carboxylic acids is 2. The van der Waals surface area contributed by atoms with Gasteiger partial charge in [-0.3, -0.25) is 9.59 Å². The molecule has 2 atom stereocenters. The summed E-state index contributed by atoms with van der Waals surface area (Å²) in [7, 11) is 1.69. The fraction of sp³-hybridized carbons (Fsp3) is 0.647. The molecule has 1 aromatic heterocycles. The molecule has 2 aliphatic rings. The molecule has 0 spiro atoms. The number of methoxy groups -OCH3 is 1. The van der Waals surface area contributed by atoms with E-state index >= 15 is 0 Å². The summed E-state index contributed by atoms with van der Waals surface area (Å²) in [6.07, 6.45) is 5.00. The molecule has 3 heterocycles. The first-order valence-electron chi connectivity index (χ1n) is 8.41. The third-order valence-electron chi connectivity index (χ3n) is 5.01. The molecule has 3 rings (SSSR count). The van der Waals surface area contributed by atoms with Gasteiger partial charge >= 0.3 is 0 Å². The number of amides is 2. The summed E-state index contributed by atoms with van der Waals surface area (Å²) in [5.74, 6) is 0.714. The van der Waals surface area contributed by atoms with Crippen LogP contribution in [-0.4, -0.2) is 66.0 Å². The molecule has 0 saturated carbocycles. The lowest BCUT2D eigenvalue weighted by Gasteiger charge is -2.47. The number of fused-ring (bicyclic) bond motifs is 1. The zero-order chi connectivity index (χ0) is 16.2. The lowest BCUT2D eigenvalue weighted by molar-refractivity contribution is -0.140. The van der Waals surface area contributed by atoms with Crippen LogP contribution >= 0.6 is 0 Å². The van der Waals surface area contributed by atoms with Crippen molar-refractivity contribution in [1.82, 2.24) is 14.8 Å². The molecule has 1 aromatic rings. The van der Waals surface area contributed by atoms with Crippen molar-refractivity contribution < 1.29 is 14.3 Å². The second-order valence-electron chi connectivity index (χ2n) is 6.42. The van der Waals surface area contributed by atoms with Crippen molar-refractivity contribution in [3.8, 4) is 0 Å². The Bertz CT molecular complexity index is 543. The van der Waals surface area contributed by atoms with Gasteiger partial charge in [-0.1, -0.05) is 0 Å². The van der Waals surface area contributed by atoms with Crippen molar-refractivity contribution in [2.24, 2.45) is 5.92 Å². The normalized spacial score (nSPS) is 24.7. The highest BCUT2D eigenvalue weighted by Gasteiger charge is 2.40. The maximum Gasteiger partial charge on any atom is 0.270 e. The summed E-state index contributed by atoms with van der Waals surface area (Å²) in [5.41, 5.74) is 0.646. The predicted molar refractivity (Wildman–Crippen MR) is 86.0 cm³/mol. The summed E-state index contributed by atoms with van der Waals surface area (Å²) in [6, 6.07) is 3.94. The third-order valence-corrected chi connectivity index (χ3v) is 5.01. The number of piperidine rings is 2. The van der Waals surface area contributed by atoms with Gasteiger partial charge in [0.2, 0.25) is 5.91 Å². The van der Waals surface area contributed by atoms with Crippen LogP contribution in [0, 0.1) is 5.92 Å². The molecule has 2 unspecified atom stereocenters. The summed E-state index contributed by atoms with van der Waals surface area (Å²) < 4.78 is 5.10. The number of rotatable bonds is 5. The van der Waals surface area contributed by atoms with Crippen molar-refractivity contribution >= 4 is 11.8 Å². The van der Waals surface area contributed by atoms with Crippen LogP contribution in [0.1, 0.15) is 36.2 Å². The fourth-order valence-electron chi connectivity index (χ4n) is 3.84. The number of aromatic amines is 1. The van der Waals surface area contributed by atoms with Crippen LogP contribution in [0.5, 0.6) is 0 Å². The van der Waals surface area contributed by atoms with Crippen LogP contribution in [-0.2, 0) is 9.53 Å². The number of nitrogens with one attached hydrogen (secondary N) is 1. The summed E-state index contributed by atoms with van der Waals surface area (Å²) >= 11 is 0. The van der Waals surface area contributed by atoms with Gasteiger partial charge in [0.1, 0.15) is 5.69 Å². The van der Waals surface area contributed by atoms with Crippen molar-refractivity contribution in [3.05, 3.63) is 24.0 Å². The molecule has 23 heavy (non-hydrogen) atoms. The number of carbonyl (C=O) groups is 2. The smallest absolute Gasteiger partial charge is 0.270 e. The molecule has 126 valence electrons. The van der Waals surface area contributed by atoms with E-state index in [1.54, 1.807) is 13.3 Å². The minimum atomic E-state index is 0.0660. The lowest BCUT2D eigenvalue weighted by atomic mass is 9.83. The van der Waals surface area contributed by atoms with Crippen molar-refractivity contribution in [3.63, 3.8) is 0 Å². The van der Waals surface area contributed by atoms with E-state index in [2.05, 4.69) is 4.98 Å². The van der Waals surface area contributed by atoms with Gasteiger partial charge in [0.05, 0.1) is 0 Å². The fourth-order valence-corrected chi connectivity index (χ4v) is 3.84. The van der Waals surface area contributed by atoms with Gasteiger partial charge in [0.15, 0.2) is 0 Å². The second kappa shape index (κ2) is 7.17. The summed E-state index contributed by atoms with van der Waals surface area (Å²) in [6.45, 7) is 2.90. The van der Waals surface area contributed by atoms with E-state index < -0.39 is 0 Å². The Kier molecular flexibility index (Phi) is 5.00. The summed E-state index contributed by atoms with van der Waals surface area (Å²) in [5, 5.41) is 0. The highest BCUT2D eigenvalue weighted by Crippen LogP contribution is 2.31. The summed E-state index contributed by atoms with van der Waals surface area (Å²) in [4.78, 5) is 31.7. The van der Waals surface area contributed by atoms with Crippen molar-refractivity contribution in [1.29, 1.82) is 0 Å². The van der Waals surface area contributed by atoms with Gasteiger partial charge in [-0.2, -0.15) is 0 Å². The maximum atomic E-state index is 12.5. The van der Waals surface area contributed by atoms with Crippen LogP contribution in [0.25, 0.3) is 0 Å². The van der Waals surface area contributed by atoms with Gasteiger partial charge < -0.3 is 19.5 Å². The Morgan fingerprint density at radius 3 is 3.04 bits per heavy atom. The third kappa shape index (κ3) is 3.42. The Hall–Kier alpha value is -1.82. The predicted octanol–water partition coefficient (Wildman–Crippen LogP) is 1.50. The first-order valence-corrected chi connectivity index (χ1v) is 8.41. The van der Waals surface area contributed by atoms with Gasteiger partial charge in [0.25, 0.3) is 5.91 Å². The number of ether oxygens (including phenoxy) is 1. The van der Waals surface area contributed by atoms with E-state index in [0.29, 0.717) is 31.2 Å². The number of hydrogen-bond donors (Lipinski definition) is 1. The van der Waals surface area contributed by atoms with Crippen LogP contribution in [0.15, 0.2) is 18.3 Å². The molecule has 2 saturated heterocycles. The zero-order valence-electron chi connectivity index (χ0n) is 13.7. The molecular formula is C17H25N3O3. The molecule has 2 aliphatic heterocycles. The number of hydrogen-bond acceptors (Lipinski definition) is 3. The number of likely N-dealkylation sites (tertiary alicyclic amines) is 2. The van der Waals surface area contributed by atoms with Crippen LogP contribution in [0.3, 0.4) is 0 Å². The molecule has 0 aromatic carbocycles. The van der Waals surface area contributed by atoms with E-state index in [4.69, 9.17) is 4.74 Å². The van der Waals surface area contributed by atoms with E-state index in [1.165, 1.54) is 0 Å². The van der Waals surface area contributed by atoms with Crippen molar-refractivity contribution in [2.75, 3.05) is 33.4 Å². The highest BCUT2D eigenvalue weighted by atomic mass is 16.5. The van der Waals surface area contributed by atoms with E-state index in [0.717, 1.165) is 32.4 Å². The Morgan fingerprint density at radius 2 is 2.30 bits per heavy atom. The topological polar surface area (TPSA) is 65.6 Å². The Balaban J connectivity index is 1.63. The van der Waals surface area contributed by atoms with E-state index in [-0.39, 0.29) is 17.9 Å². The monoisotopic (exact) mass is 319 g/mol. The van der Waals surface area contributed by atoms with Crippen LogP contribution in [0.4, 0.5) is 0 Å². The quantitative estimate of drug-likeness (QED) is 0.837. The molecule has 2 amide bonds. The SMILES string of the molecule is COCCCN1C(=O)CCC2CN(C(=O)c3ccc[nH]3)CCC21. The maximum absolute atomic E-state index is 12.5. The van der Waals surface area contributed by atoms with E-state index in [9.17, 15) is 9.59 Å². The number of nitrogens with zero attached hydrogens (tertiary/aromatic N) is 2. The largest absolute Gasteiger partial charge is 0.385 e. The molecule has 0 radical (unpaired) electrons. The number of aromatic nitrogens is 1. The molecular weight excluding hydrogens is 294 g/mol. The van der Waals surface area contributed by atoms with Crippen molar-refractivity contribution in [2.45, 2.75) is 31.7 Å². The van der Waals surface area contributed by atoms with E-state index in [1.807, 2.05) is 21.9 Å². The highest BCUT2D eigenvalue weighted by molar-refractivity contribution is 5.92. The lowest BCUT2D eigenvalue weighted by Crippen LogP contribution is -2.57. The molecule has 1 N–H and O–H groups in total. The van der Waals surface area contributed by atoms with Gasteiger partial charge in [-0.15, -0.1) is 0 Å². The van der Waals surface area contributed by atoms with Crippen LogP contribution < -0.4 is 0 Å². The van der Waals surface area contributed by atoms with Gasteiger partial charge in [0, 0.05) is 52.0 Å². The Morgan fingerprint density at radius 1 is 1.43 bits per heavy atom. The first-order chi connectivity index (χ1) is 11.2. The van der Waals surface area contributed by atoms with Crippen LogP contribution in [0.2, 0.25) is 0 Å². The molecule has 6 nitrogen and oxygen atoms in total. The molecule has 2 fully saturated rings. The first kappa shape index (κ1) is 16.1.